The van der Waals surface area contributed by atoms with Crippen molar-refractivity contribution in [3.8, 4) is 5.75 Å². The highest BCUT2D eigenvalue weighted by Gasteiger charge is 2.31. The molecule has 1 fully saturated rings. The van der Waals surface area contributed by atoms with Crippen LogP contribution < -0.4 is 14.5 Å². The number of nitrogens with zero attached hydrogens (tertiary/aromatic N) is 4. The molecule has 2 aromatic carbocycles. The van der Waals surface area contributed by atoms with Gasteiger partial charge in [-0.1, -0.05) is 56.1 Å². The summed E-state index contributed by atoms with van der Waals surface area (Å²) in [4.78, 5) is 32.1. The van der Waals surface area contributed by atoms with E-state index in [0.717, 1.165) is 68.3 Å². The van der Waals surface area contributed by atoms with E-state index in [9.17, 15) is 9.59 Å². The summed E-state index contributed by atoms with van der Waals surface area (Å²) in [6.45, 7) is 15.6. The van der Waals surface area contributed by atoms with Gasteiger partial charge in [0.2, 0.25) is 5.91 Å². The number of hydrogen-bond donors (Lipinski definition) is 0. The van der Waals surface area contributed by atoms with Crippen LogP contribution in [0.25, 0.3) is 0 Å². The van der Waals surface area contributed by atoms with Gasteiger partial charge < -0.3 is 14.4 Å². The first kappa shape index (κ1) is 33.6. The van der Waals surface area contributed by atoms with Crippen molar-refractivity contribution in [1.82, 2.24) is 9.57 Å². The molecule has 1 saturated heterocycles. The van der Waals surface area contributed by atoms with Crippen molar-refractivity contribution in [3.05, 3.63) is 52.0 Å². The fraction of sp³-hybridized carbons (Fsp3) is 0.562. The second-order valence-corrected chi connectivity index (χ2v) is 14.0. The number of unbranched alkanes of at least 4 members (excludes halogenated alkanes) is 1. The third-order valence-electron chi connectivity index (χ3n) is 8.43. The highest BCUT2D eigenvalue weighted by Crippen LogP contribution is 2.35. The highest BCUT2D eigenvalue weighted by atomic mass is 35.5. The van der Waals surface area contributed by atoms with Gasteiger partial charge in [0.05, 0.1) is 28.0 Å². The smallest absolute Gasteiger partial charge is 0.414 e. The Morgan fingerprint density at radius 2 is 1.79 bits per heavy atom. The Morgan fingerprint density at radius 3 is 2.49 bits per heavy atom. The van der Waals surface area contributed by atoms with E-state index in [4.69, 9.17) is 32.7 Å². The van der Waals surface area contributed by atoms with Crippen LogP contribution in [0.2, 0.25) is 10.0 Å². The molecule has 4 rings (SSSR count). The van der Waals surface area contributed by atoms with E-state index in [1.165, 1.54) is 0 Å². The van der Waals surface area contributed by atoms with Gasteiger partial charge in [-0.25, -0.2) is 4.79 Å². The molecule has 236 valence electrons. The van der Waals surface area contributed by atoms with E-state index in [-0.39, 0.29) is 32.8 Å². The summed E-state index contributed by atoms with van der Waals surface area (Å²) in [5.41, 5.74) is 2.74. The third-order valence-corrected chi connectivity index (χ3v) is 10.3. The summed E-state index contributed by atoms with van der Waals surface area (Å²) in [5.74, 6) is 0.666. The van der Waals surface area contributed by atoms with E-state index in [0.29, 0.717) is 29.5 Å². The van der Waals surface area contributed by atoms with Crippen LogP contribution in [-0.2, 0) is 16.0 Å². The van der Waals surface area contributed by atoms with Gasteiger partial charge in [0, 0.05) is 44.7 Å². The zero-order chi connectivity index (χ0) is 31.1. The molecule has 0 spiro atoms. The van der Waals surface area contributed by atoms with Gasteiger partial charge in [-0.2, -0.15) is 0 Å². The average molecular weight is 652 g/mol. The number of amides is 2. The number of anilines is 2. The SMILES string of the molecule is CPN(C(=O)OCN1C(=O)CCc2ccc(OCCCCN3CCN(c4cccc(Cl)c4Cl)CC3)cc21)C(C)C(C)(C)C. The number of aryl methyl sites for hydroxylation is 1. The summed E-state index contributed by atoms with van der Waals surface area (Å²) in [7, 11) is 0.270. The van der Waals surface area contributed by atoms with Crippen molar-refractivity contribution in [1.29, 1.82) is 0 Å². The van der Waals surface area contributed by atoms with E-state index in [1.54, 1.807) is 9.57 Å². The first-order chi connectivity index (χ1) is 20.5. The van der Waals surface area contributed by atoms with Crippen molar-refractivity contribution in [2.75, 3.05) is 62.5 Å². The molecule has 8 nitrogen and oxygen atoms in total. The van der Waals surface area contributed by atoms with Gasteiger partial charge in [-0.15, -0.1) is 0 Å². The standard InChI is InChI=1S/C32H45Cl2N4O4P/c1-23(32(2,3)4)38(43-5)31(40)42-22-37-28-21-25(13-11-24(28)12-14-29(37)39)41-20-7-6-15-35-16-18-36(19-17-35)27-10-8-9-26(33)30(27)34/h8-11,13,21,23,43H,6-7,12,14-20,22H2,1-5H3. The number of hydrogen-bond acceptors (Lipinski definition) is 6. The van der Waals surface area contributed by atoms with Crippen LogP contribution in [-0.4, -0.2) is 80.3 Å². The Balaban J connectivity index is 1.23. The summed E-state index contributed by atoms with van der Waals surface area (Å²) in [6, 6.07) is 11.7. The molecule has 0 N–H and O–H groups in total. The molecular weight excluding hydrogens is 606 g/mol. The number of carbonyl (C=O) groups is 2. The number of fused-ring (bicyclic) bond motifs is 1. The molecule has 11 heteroatoms. The molecule has 0 aromatic heterocycles. The number of piperazine rings is 1. The lowest BCUT2D eigenvalue weighted by Crippen LogP contribution is -2.46. The lowest BCUT2D eigenvalue weighted by molar-refractivity contribution is -0.119. The second-order valence-electron chi connectivity index (χ2n) is 12.2. The Morgan fingerprint density at radius 1 is 1.05 bits per heavy atom. The van der Waals surface area contributed by atoms with E-state index in [2.05, 4.69) is 30.6 Å². The third kappa shape index (κ3) is 8.69. The molecule has 2 aliphatic heterocycles. The maximum atomic E-state index is 12.9. The van der Waals surface area contributed by atoms with Crippen LogP contribution in [0.5, 0.6) is 5.75 Å². The molecule has 2 atom stereocenters. The van der Waals surface area contributed by atoms with Crippen molar-refractivity contribution in [3.63, 3.8) is 0 Å². The summed E-state index contributed by atoms with van der Waals surface area (Å²) in [5, 5.41) is 1.22. The molecule has 2 heterocycles. The monoisotopic (exact) mass is 650 g/mol. The minimum absolute atomic E-state index is 0.00490. The first-order valence-corrected chi connectivity index (χ1v) is 17.3. The van der Waals surface area contributed by atoms with Crippen LogP contribution >= 0.6 is 31.9 Å². The zero-order valence-corrected chi connectivity index (χ0v) is 28.5. The molecule has 0 bridgehead atoms. The number of rotatable bonds is 11. The Bertz CT molecular complexity index is 1270. The van der Waals surface area contributed by atoms with Gasteiger partial charge in [0.1, 0.15) is 5.75 Å². The van der Waals surface area contributed by atoms with E-state index < -0.39 is 6.09 Å². The predicted octanol–water partition coefficient (Wildman–Crippen LogP) is 7.31. The lowest BCUT2D eigenvalue weighted by atomic mass is 9.88. The topological polar surface area (TPSA) is 65.6 Å². The maximum absolute atomic E-state index is 12.9. The highest BCUT2D eigenvalue weighted by molar-refractivity contribution is 7.35. The van der Waals surface area contributed by atoms with E-state index >= 15 is 0 Å². The summed E-state index contributed by atoms with van der Waals surface area (Å²) in [6.07, 6.45) is 2.62. The minimum Gasteiger partial charge on any atom is -0.494 e. The number of halogens is 2. The van der Waals surface area contributed by atoms with Crippen molar-refractivity contribution < 1.29 is 19.1 Å². The number of benzene rings is 2. The molecular formula is C32H45Cl2N4O4P. The van der Waals surface area contributed by atoms with Gasteiger partial charge in [-0.05, 0) is 77.3 Å². The van der Waals surface area contributed by atoms with E-state index in [1.807, 2.05) is 50.0 Å². The Hall–Kier alpha value is -2.25. The molecule has 2 amide bonds. The van der Waals surface area contributed by atoms with Crippen LogP contribution in [0.3, 0.4) is 0 Å². The first-order valence-electron chi connectivity index (χ1n) is 15.1. The Kier molecular flexibility index (Phi) is 11.9. The lowest BCUT2D eigenvalue weighted by Gasteiger charge is -2.37. The fourth-order valence-corrected chi connectivity index (χ4v) is 6.78. The van der Waals surface area contributed by atoms with Crippen LogP contribution in [0.4, 0.5) is 16.2 Å². The minimum atomic E-state index is -0.398. The Labute approximate surface area is 268 Å². The molecule has 2 aromatic rings. The van der Waals surface area contributed by atoms with Gasteiger partial charge in [0.15, 0.2) is 6.73 Å². The largest absolute Gasteiger partial charge is 0.494 e. The van der Waals surface area contributed by atoms with Crippen molar-refractivity contribution in [2.45, 2.75) is 59.4 Å². The van der Waals surface area contributed by atoms with Crippen LogP contribution in [0.15, 0.2) is 36.4 Å². The molecule has 2 aliphatic rings. The quantitative estimate of drug-likeness (QED) is 0.188. The molecule has 43 heavy (non-hydrogen) atoms. The molecule has 0 saturated carbocycles. The second kappa shape index (κ2) is 15.2. The fourth-order valence-electron chi connectivity index (χ4n) is 5.34. The average Bonchev–Trinajstić information content (AvgIpc) is 2.98. The summed E-state index contributed by atoms with van der Waals surface area (Å²) < 4.78 is 13.5. The number of carbonyl (C=O) groups excluding carboxylic acids is 2. The number of ether oxygens (including phenoxy) is 2. The van der Waals surface area contributed by atoms with Crippen LogP contribution in [0.1, 0.15) is 52.5 Å². The molecule has 2 unspecified atom stereocenters. The van der Waals surface area contributed by atoms with Gasteiger partial charge in [0.25, 0.3) is 0 Å². The summed E-state index contributed by atoms with van der Waals surface area (Å²) >= 11 is 12.6. The van der Waals surface area contributed by atoms with Crippen molar-refractivity contribution in [2.24, 2.45) is 5.41 Å². The zero-order valence-electron chi connectivity index (χ0n) is 26.0. The maximum Gasteiger partial charge on any atom is 0.414 e. The normalized spacial score (nSPS) is 16.9. The van der Waals surface area contributed by atoms with Crippen molar-refractivity contribution >= 4 is 55.3 Å². The van der Waals surface area contributed by atoms with Gasteiger partial charge in [-0.3, -0.25) is 19.3 Å². The molecule has 0 radical (unpaired) electrons. The molecule has 0 aliphatic carbocycles. The van der Waals surface area contributed by atoms with Crippen LogP contribution in [0, 0.1) is 5.41 Å². The predicted molar refractivity (Wildman–Crippen MR) is 178 cm³/mol. The van der Waals surface area contributed by atoms with Gasteiger partial charge >= 0.3 is 6.09 Å².